The minimum absolute atomic E-state index is 0.455. The molecule has 3 nitrogen and oxygen atoms in total. The van der Waals surface area contributed by atoms with E-state index >= 15 is 0 Å². The summed E-state index contributed by atoms with van der Waals surface area (Å²) in [6.07, 6.45) is 4.17. The van der Waals surface area contributed by atoms with Gasteiger partial charge >= 0.3 is 0 Å². The number of hydrogen-bond acceptors (Lipinski definition) is 3. The van der Waals surface area contributed by atoms with E-state index in [-0.39, 0.29) is 0 Å². The molecule has 0 saturated heterocycles. The van der Waals surface area contributed by atoms with E-state index in [0.29, 0.717) is 12.1 Å². The topological polar surface area (TPSA) is 38.5 Å². The molecule has 0 heterocycles. The van der Waals surface area contributed by atoms with Crippen LogP contribution >= 0.6 is 0 Å². The van der Waals surface area contributed by atoms with Gasteiger partial charge in [-0.1, -0.05) is 0 Å². The van der Waals surface area contributed by atoms with Gasteiger partial charge in [0.15, 0.2) is 0 Å². The van der Waals surface area contributed by atoms with Gasteiger partial charge in [-0.2, -0.15) is 0 Å². The molecule has 2 aliphatic carbocycles. The molecule has 94 valence electrons. The molecule has 3 heteroatoms. The van der Waals surface area contributed by atoms with Crippen molar-refractivity contribution in [2.45, 2.75) is 38.3 Å². The average molecular weight is 226 g/mol. The Kier molecular flexibility index (Phi) is 3.88. The summed E-state index contributed by atoms with van der Waals surface area (Å²) in [5.41, 5.74) is 6.33. The van der Waals surface area contributed by atoms with Crippen LogP contribution in [-0.2, 0) is 4.74 Å². The average Bonchev–Trinajstić information content (AvgIpc) is 2.82. The molecular formula is C13H26N2O. The molecule has 0 aromatic heterocycles. The summed E-state index contributed by atoms with van der Waals surface area (Å²) < 4.78 is 5.21. The molecule has 0 radical (unpaired) electrons. The Morgan fingerprint density at radius 1 is 1.38 bits per heavy atom. The molecule has 0 amide bonds. The van der Waals surface area contributed by atoms with Crippen molar-refractivity contribution in [2.75, 3.05) is 27.3 Å². The van der Waals surface area contributed by atoms with Gasteiger partial charge in [-0.3, -0.25) is 0 Å². The highest BCUT2D eigenvalue weighted by molar-refractivity contribution is 4.99. The number of hydrogen-bond donors (Lipinski definition) is 1. The molecule has 5 atom stereocenters. The summed E-state index contributed by atoms with van der Waals surface area (Å²) in [6, 6.07) is 0.951. The quantitative estimate of drug-likeness (QED) is 0.768. The second kappa shape index (κ2) is 5.03. The number of nitrogens with zero attached hydrogens (tertiary/aromatic N) is 1. The van der Waals surface area contributed by atoms with Crippen LogP contribution in [0.15, 0.2) is 0 Å². The van der Waals surface area contributed by atoms with E-state index in [1.807, 2.05) is 0 Å². The minimum atomic E-state index is 0.455. The Hall–Kier alpha value is -0.120. The van der Waals surface area contributed by atoms with Crippen LogP contribution in [-0.4, -0.2) is 44.3 Å². The third-order valence-electron chi connectivity index (χ3n) is 4.82. The summed E-state index contributed by atoms with van der Waals surface area (Å²) in [7, 11) is 3.97. The zero-order valence-corrected chi connectivity index (χ0v) is 10.9. The lowest BCUT2D eigenvalue weighted by Crippen LogP contribution is -2.44. The van der Waals surface area contributed by atoms with Crippen molar-refractivity contribution in [1.29, 1.82) is 0 Å². The first-order chi connectivity index (χ1) is 7.63. The number of ether oxygens (including phenoxy) is 1. The van der Waals surface area contributed by atoms with Crippen molar-refractivity contribution in [2.24, 2.45) is 23.5 Å². The van der Waals surface area contributed by atoms with Crippen molar-refractivity contribution < 1.29 is 4.74 Å². The lowest BCUT2D eigenvalue weighted by atomic mass is 9.84. The highest BCUT2D eigenvalue weighted by Gasteiger charge is 2.45. The van der Waals surface area contributed by atoms with E-state index in [1.165, 1.54) is 19.3 Å². The van der Waals surface area contributed by atoms with Crippen LogP contribution < -0.4 is 5.73 Å². The Balaban J connectivity index is 1.85. The Morgan fingerprint density at radius 3 is 2.62 bits per heavy atom. The lowest BCUT2D eigenvalue weighted by Gasteiger charge is -2.34. The monoisotopic (exact) mass is 226 g/mol. The van der Waals surface area contributed by atoms with Gasteiger partial charge in [-0.15, -0.1) is 0 Å². The maximum atomic E-state index is 6.33. The van der Waals surface area contributed by atoms with Crippen molar-refractivity contribution in [3.63, 3.8) is 0 Å². The van der Waals surface area contributed by atoms with E-state index in [2.05, 4.69) is 18.9 Å². The van der Waals surface area contributed by atoms with E-state index in [1.54, 1.807) is 7.11 Å². The number of nitrogens with two attached hydrogens (primary N) is 1. The Morgan fingerprint density at radius 2 is 2.06 bits per heavy atom. The van der Waals surface area contributed by atoms with Crippen LogP contribution in [0.5, 0.6) is 0 Å². The van der Waals surface area contributed by atoms with Crippen LogP contribution in [0.25, 0.3) is 0 Å². The standard InChI is InChI=1S/C13H26N2O/c1-9(8-16-3)15(2)7-12-10-4-5-11(6-10)13(12)14/h9-13H,4-8,14H2,1-3H3. The van der Waals surface area contributed by atoms with Crippen LogP contribution in [0.4, 0.5) is 0 Å². The first-order valence-electron chi connectivity index (χ1n) is 6.58. The predicted molar refractivity (Wildman–Crippen MR) is 66.3 cm³/mol. The lowest BCUT2D eigenvalue weighted by molar-refractivity contribution is 0.0933. The molecule has 5 unspecified atom stereocenters. The van der Waals surface area contributed by atoms with Gasteiger partial charge in [-0.05, 0) is 51.0 Å². The van der Waals surface area contributed by atoms with E-state index in [9.17, 15) is 0 Å². The fraction of sp³-hybridized carbons (Fsp3) is 1.00. The van der Waals surface area contributed by atoms with Crippen LogP contribution in [0.2, 0.25) is 0 Å². The fourth-order valence-electron chi connectivity index (χ4n) is 3.61. The molecule has 0 aliphatic heterocycles. The molecule has 2 fully saturated rings. The smallest absolute Gasteiger partial charge is 0.0615 e. The molecule has 0 aromatic rings. The summed E-state index contributed by atoms with van der Waals surface area (Å²) in [4.78, 5) is 2.41. The van der Waals surface area contributed by atoms with Gasteiger partial charge in [0.1, 0.15) is 0 Å². The van der Waals surface area contributed by atoms with Gasteiger partial charge in [0.05, 0.1) is 6.61 Å². The summed E-state index contributed by atoms with van der Waals surface area (Å²) in [5.74, 6) is 2.45. The third kappa shape index (κ3) is 2.27. The highest BCUT2D eigenvalue weighted by Crippen LogP contribution is 2.47. The predicted octanol–water partition coefficient (Wildman–Crippen LogP) is 1.33. The molecule has 16 heavy (non-hydrogen) atoms. The van der Waals surface area contributed by atoms with Gasteiger partial charge in [-0.25, -0.2) is 0 Å². The third-order valence-corrected chi connectivity index (χ3v) is 4.82. The first-order valence-corrected chi connectivity index (χ1v) is 6.58. The largest absolute Gasteiger partial charge is 0.383 e. The zero-order chi connectivity index (χ0) is 11.7. The van der Waals surface area contributed by atoms with Crippen molar-refractivity contribution in [3.8, 4) is 0 Å². The van der Waals surface area contributed by atoms with Crippen molar-refractivity contribution in [3.05, 3.63) is 0 Å². The van der Waals surface area contributed by atoms with E-state index < -0.39 is 0 Å². The van der Waals surface area contributed by atoms with Crippen molar-refractivity contribution >= 4 is 0 Å². The molecule has 2 saturated carbocycles. The minimum Gasteiger partial charge on any atom is -0.383 e. The number of fused-ring (bicyclic) bond motifs is 2. The van der Waals surface area contributed by atoms with E-state index in [4.69, 9.17) is 10.5 Å². The van der Waals surface area contributed by atoms with Gasteiger partial charge in [0.25, 0.3) is 0 Å². The summed E-state index contributed by atoms with van der Waals surface area (Å²) >= 11 is 0. The van der Waals surface area contributed by atoms with E-state index in [0.717, 1.165) is 30.9 Å². The number of likely N-dealkylation sites (N-methyl/N-ethyl adjacent to an activating group) is 1. The molecule has 0 spiro atoms. The molecule has 0 aromatic carbocycles. The molecular weight excluding hydrogens is 200 g/mol. The molecule has 2 N–H and O–H groups in total. The van der Waals surface area contributed by atoms with Gasteiger partial charge in [0, 0.05) is 25.7 Å². The SMILES string of the molecule is COCC(C)N(C)CC1C2CCC(C2)C1N. The maximum absolute atomic E-state index is 6.33. The maximum Gasteiger partial charge on any atom is 0.0615 e. The molecule has 2 rings (SSSR count). The summed E-state index contributed by atoms with van der Waals surface area (Å²) in [6.45, 7) is 4.18. The summed E-state index contributed by atoms with van der Waals surface area (Å²) in [5, 5.41) is 0. The van der Waals surface area contributed by atoms with Crippen LogP contribution in [0, 0.1) is 17.8 Å². The van der Waals surface area contributed by atoms with Gasteiger partial charge in [0.2, 0.25) is 0 Å². The first kappa shape index (κ1) is 12.3. The van der Waals surface area contributed by atoms with Crippen LogP contribution in [0.3, 0.4) is 0 Å². The second-order valence-electron chi connectivity index (χ2n) is 5.82. The fourth-order valence-corrected chi connectivity index (χ4v) is 3.61. The van der Waals surface area contributed by atoms with Gasteiger partial charge < -0.3 is 15.4 Å². The van der Waals surface area contributed by atoms with Crippen molar-refractivity contribution in [1.82, 2.24) is 4.90 Å². The highest BCUT2D eigenvalue weighted by atomic mass is 16.5. The zero-order valence-electron chi connectivity index (χ0n) is 10.9. The Bertz CT molecular complexity index is 232. The Labute approximate surface area is 99.3 Å². The second-order valence-corrected chi connectivity index (χ2v) is 5.82. The number of methoxy groups -OCH3 is 1. The molecule has 2 bridgehead atoms. The van der Waals surface area contributed by atoms with Crippen LogP contribution in [0.1, 0.15) is 26.2 Å². The normalized spacial score (nSPS) is 39.6. The molecule has 2 aliphatic rings. The number of rotatable bonds is 5.